The molecule has 1 N–H and O–H groups in total. The number of halogens is 3. The van der Waals surface area contributed by atoms with Crippen LogP contribution in [0.3, 0.4) is 0 Å². The highest BCUT2D eigenvalue weighted by atomic mass is 19.4. The summed E-state index contributed by atoms with van der Waals surface area (Å²) in [6.07, 6.45) is -4.02. The van der Waals surface area contributed by atoms with Crippen LogP contribution in [0.1, 0.15) is 6.42 Å². The number of carbonyl (C=O) groups excluding carboxylic acids is 1. The highest BCUT2D eigenvalue weighted by Gasteiger charge is 2.30. The normalized spacial score (nSPS) is 11.2. The fraction of sp³-hybridized carbons (Fsp3) is 0.350. The number of nitrogens with one attached hydrogen (secondary N) is 1. The molecule has 0 aliphatic heterocycles. The van der Waals surface area contributed by atoms with Gasteiger partial charge >= 0.3 is 6.36 Å². The summed E-state index contributed by atoms with van der Waals surface area (Å²) in [4.78, 5) is 13.9. The maximum absolute atomic E-state index is 12.1. The Kier molecular flexibility index (Phi) is 8.14. The van der Waals surface area contributed by atoms with Gasteiger partial charge in [0.2, 0.25) is 5.91 Å². The van der Waals surface area contributed by atoms with Crippen molar-refractivity contribution >= 4 is 11.6 Å². The van der Waals surface area contributed by atoms with Gasteiger partial charge < -0.3 is 19.5 Å². The fourth-order valence-corrected chi connectivity index (χ4v) is 2.46. The van der Waals surface area contributed by atoms with Gasteiger partial charge in [0.1, 0.15) is 17.2 Å². The lowest BCUT2D eigenvalue weighted by atomic mass is 10.3. The van der Waals surface area contributed by atoms with Crippen molar-refractivity contribution < 1.29 is 32.2 Å². The van der Waals surface area contributed by atoms with Crippen molar-refractivity contribution in [2.75, 3.05) is 39.2 Å². The lowest BCUT2D eigenvalue weighted by Crippen LogP contribution is -2.31. The van der Waals surface area contributed by atoms with E-state index in [1.807, 2.05) is 29.2 Å². The molecule has 9 heteroatoms. The summed E-state index contributed by atoms with van der Waals surface area (Å²) >= 11 is 0. The molecule has 0 spiro atoms. The van der Waals surface area contributed by atoms with Crippen molar-refractivity contribution in [3.8, 4) is 17.2 Å². The van der Waals surface area contributed by atoms with Crippen LogP contribution in [0.5, 0.6) is 17.2 Å². The summed E-state index contributed by atoms with van der Waals surface area (Å²) in [5.74, 6) is 0.882. The SMILES string of the molecule is COc1ccc(OCCCN(C)CC(=O)Nc2ccc(OC(F)(F)F)cc2)cc1. The van der Waals surface area contributed by atoms with Gasteiger partial charge in [0.15, 0.2) is 0 Å². The van der Waals surface area contributed by atoms with Gasteiger partial charge in [0.05, 0.1) is 20.3 Å². The second-order valence-electron chi connectivity index (χ2n) is 6.24. The molecule has 2 aromatic rings. The van der Waals surface area contributed by atoms with E-state index in [0.717, 1.165) is 30.1 Å². The van der Waals surface area contributed by atoms with Crippen LogP contribution in [0, 0.1) is 0 Å². The molecule has 29 heavy (non-hydrogen) atoms. The number of carbonyl (C=O) groups is 1. The van der Waals surface area contributed by atoms with E-state index >= 15 is 0 Å². The summed E-state index contributed by atoms with van der Waals surface area (Å²) in [7, 11) is 3.40. The Morgan fingerprint density at radius 3 is 2.17 bits per heavy atom. The average Bonchev–Trinajstić information content (AvgIpc) is 2.66. The van der Waals surface area contributed by atoms with Gasteiger partial charge in [-0.2, -0.15) is 0 Å². The molecule has 0 heterocycles. The molecule has 0 aliphatic rings. The van der Waals surface area contributed by atoms with Crippen LogP contribution in [-0.4, -0.2) is 51.0 Å². The number of alkyl halides is 3. The molecule has 0 aliphatic carbocycles. The number of methoxy groups -OCH3 is 1. The van der Waals surface area contributed by atoms with E-state index in [9.17, 15) is 18.0 Å². The minimum atomic E-state index is -4.75. The zero-order valence-corrected chi connectivity index (χ0v) is 16.2. The Hall–Kier alpha value is -2.94. The Morgan fingerprint density at radius 2 is 1.59 bits per heavy atom. The van der Waals surface area contributed by atoms with Crippen LogP contribution in [0.25, 0.3) is 0 Å². The van der Waals surface area contributed by atoms with Gasteiger partial charge in [0.25, 0.3) is 0 Å². The third-order valence-corrected chi connectivity index (χ3v) is 3.80. The Labute approximate surface area is 167 Å². The number of hydrogen-bond donors (Lipinski definition) is 1. The van der Waals surface area contributed by atoms with E-state index in [-0.39, 0.29) is 18.2 Å². The van der Waals surface area contributed by atoms with Crippen molar-refractivity contribution in [2.24, 2.45) is 0 Å². The molecule has 0 atom stereocenters. The number of hydrogen-bond acceptors (Lipinski definition) is 5. The Bertz CT molecular complexity index is 765. The van der Waals surface area contributed by atoms with Crippen LogP contribution < -0.4 is 19.5 Å². The van der Waals surface area contributed by atoms with Gasteiger partial charge in [-0.1, -0.05) is 0 Å². The number of amides is 1. The highest BCUT2D eigenvalue weighted by molar-refractivity contribution is 5.92. The number of ether oxygens (including phenoxy) is 3. The highest BCUT2D eigenvalue weighted by Crippen LogP contribution is 2.24. The lowest BCUT2D eigenvalue weighted by molar-refractivity contribution is -0.274. The van der Waals surface area contributed by atoms with Crippen molar-refractivity contribution in [2.45, 2.75) is 12.8 Å². The van der Waals surface area contributed by atoms with Crippen LogP contribution in [0.15, 0.2) is 48.5 Å². The molecule has 0 bridgehead atoms. The van der Waals surface area contributed by atoms with Gasteiger partial charge in [-0.05, 0) is 62.0 Å². The molecule has 158 valence electrons. The van der Waals surface area contributed by atoms with E-state index in [0.29, 0.717) is 18.8 Å². The number of anilines is 1. The first-order valence-corrected chi connectivity index (χ1v) is 8.86. The first-order valence-electron chi connectivity index (χ1n) is 8.86. The summed E-state index contributed by atoms with van der Waals surface area (Å²) in [6, 6.07) is 12.2. The van der Waals surface area contributed by atoms with Crippen LogP contribution in [0.2, 0.25) is 0 Å². The van der Waals surface area contributed by atoms with E-state index < -0.39 is 6.36 Å². The second kappa shape index (κ2) is 10.6. The van der Waals surface area contributed by atoms with Crippen molar-refractivity contribution in [1.82, 2.24) is 4.90 Å². The molecule has 0 saturated heterocycles. The van der Waals surface area contributed by atoms with Crippen LogP contribution in [-0.2, 0) is 4.79 Å². The van der Waals surface area contributed by atoms with Crippen molar-refractivity contribution in [3.63, 3.8) is 0 Å². The number of benzene rings is 2. The first-order chi connectivity index (χ1) is 13.7. The molecule has 2 rings (SSSR count). The van der Waals surface area contributed by atoms with Gasteiger partial charge in [-0.3, -0.25) is 9.69 Å². The molecule has 2 aromatic carbocycles. The van der Waals surface area contributed by atoms with Crippen LogP contribution in [0.4, 0.5) is 18.9 Å². The summed E-state index contributed by atoms with van der Waals surface area (Å²) in [5, 5.41) is 2.63. The molecule has 6 nitrogen and oxygen atoms in total. The molecule has 0 unspecified atom stereocenters. The predicted molar refractivity (Wildman–Crippen MR) is 102 cm³/mol. The van der Waals surface area contributed by atoms with Crippen molar-refractivity contribution in [3.05, 3.63) is 48.5 Å². The third kappa shape index (κ3) is 8.73. The van der Waals surface area contributed by atoms with E-state index in [1.165, 1.54) is 12.1 Å². The number of rotatable bonds is 10. The lowest BCUT2D eigenvalue weighted by Gasteiger charge is -2.16. The molecule has 0 radical (unpaired) electrons. The summed E-state index contributed by atoms with van der Waals surface area (Å²) < 4.78 is 50.9. The fourth-order valence-electron chi connectivity index (χ4n) is 2.46. The third-order valence-electron chi connectivity index (χ3n) is 3.80. The van der Waals surface area contributed by atoms with Crippen molar-refractivity contribution in [1.29, 1.82) is 0 Å². The molecular formula is C20H23F3N2O4. The minimum Gasteiger partial charge on any atom is -0.497 e. The van der Waals surface area contributed by atoms with Gasteiger partial charge in [0, 0.05) is 12.2 Å². The van der Waals surface area contributed by atoms with Gasteiger partial charge in [-0.25, -0.2) is 0 Å². The molecular weight excluding hydrogens is 389 g/mol. The Balaban J connectivity index is 1.66. The van der Waals surface area contributed by atoms with Gasteiger partial charge in [-0.15, -0.1) is 13.2 Å². The average molecular weight is 412 g/mol. The smallest absolute Gasteiger partial charge is 0.497 e. The summed E-state index contributed by atoms with van der Waals surface area (Å²) in [6.45, 7) is 1.28. The quantitative estimate of drug-likeness (QED) is 0.599. The van der Waals surface area contributed by atoms with E-state index in [4.69, 9.17) is 9.47 Å². The largest absolute Gasteiger partial charge is 0.573 e. The molecule has 1 amide bonds. The topological polar surface area (TPSA) is 60.0 Å². The number of nitrogens with zero attached hydrogens (tertiary/aromatic N) is 1. The minimum absolute atomic E-state index is 0.142. The molecule has 0 aromatic heterocycles. The summed E-state index contributed by atoms with van der Waals surface area (Å²) in [5.41, 5.74) is 0.390. The maximum Gasteiger partial charge on any atom is 0.573 e. The maximum atomic E-state index is 12.1. The predicted octanol–water partition coefficient (Wildman–Crippen LogP) is 3.93. The number of likely N-dealkylation sites (N-methyl/N-ethyl adjacent to an activating group) is 1. The standard InChI is InChI=1S/C20H23F3N2O4/c1-25(12-3-13-28-17-10-8-16(27-2)9-11-17)14-19(26)24-15-4-6-18(7-5-15)29-20(21,22)23/h4-11H,3,12-14H2,1-2H3,(H,24,26). The molecule has 0 fully saturated rings. The van der Waals surface area contributed by atoms with Crippen LogP contribution >= 0.6 is 0 Å². The molecule has 0 saturated carbocycles. The first kappa shape index (κ1) is 22.4. The monoisotopic (exact) mass is 412 g/mol. The zero-order chi connectivity index (χ0) is 21.3. The Morgan fingerprint density at radius 1 is 1.00 bits per heavy atom. The second-order valence-corrected chi connectivity index (χ2v) is 6.24. The van der Waals surface area contributed by atoms with E-state index in [2.05, 4.69) is 10.1 Å². The van der Waals surface area contributed by atoms with E-state index in [1.54, 1.807) is 14.2 Å². The zero-order valence-electron chi connectivity index (χ0n) is 16.2.